The Morgan fingerprint density at radius 2 is 0.867 bits per heavy atom. The van der Waals surface area contributed by atoms with E-state index in [0.717, 1.165) is 57.9 Å². The van der Waals surface area contributed by atoms with Crippen LogP contribution in [0.5, 0.6) is 17.2 Å². The molecule has 4 aromatic heterocycles. The minimum absolute atomic E-state index is 0.115. The molecule has 17 heterocycles. The topological polar surface area (TPSA) is 124 Å². The second kappa shape index (κ2) is 20.3. The van der Waals surface area contributed by atoms with Gasteiger partial charge in [0.05, 0.1) is 13.7 Å². The molecule has 12 saturated heterocycles. The van der Waals surface area contributed by atoms with Crippen LogP contribution in [0.2, 0.25) is 0 Å². The Kier molecular flexibility index (Phi) is 12.9. The predicted molar refractivity (Wildman–Crippen MR) is 299 cm³/mol. The first-order chi connectivity index (χ1) is 37.0. The van der Waals surface area contributed by atoms with E-state index >= 15 is 0 Å². The van der Waals surface area contributed by atoms with Crippen LogP contribution in [-0.2, 0) is 6.61 Å². The van der Waals surface area contributed by atoms with E-state index in [1.54, 1.807) is 12.7 Å². The molecule has 4 aromatic carbocycles. The molecule has 0 saturated carbocycles. The number of benzene rings is 4. The van der Waals surface area contributed by atoms with Crippen LogP contribution in [0, 0.1) is 23.7 Å². The van der Waals surface area contributed by atoms with Crippen LogP contribution in [0.1, 0.15) is 103 Å². The smallest absolute Gasteiger partial charge is 0.231 e. The van der Waals surface area contributed by atoms with Crippen LogP contribution in [0.4, 0.5) is 0 Å². The lowest BCUT2D eigenvalue weighted by Gasteiger charge is -2.44. The Morgan fingerprint density at radius 3 is 1.33 bits per heavy atom. The first kappa shape index (κ1) is 47.7. The van der Waals surface area contributed by atoms with Crippen molar-refractivity contribution in [2.75, 3.05) is 92.4 Å². The standard InChI is InChI=1S/C16H18N2O2.2C16H20N2O.C15H18N2/c1-3-18-4-2-10(1)13(8-18)12-7-17-14-6-16-15(5-11(12)14)19-9-20-16;1-19-12-2-3-16-13(8-12)14(9-17-16)15-10-18-6-4-11(15)5-7-18;19-10-11-1-2-13-14(8-17-16(13)7-11)15-9-18-5-3-12(15)4-6-18;1-2-4-15-12(3-1)13(9-16-15)14-10-17-7-5-11(14)6-8-17/h5-7,10,13,17H,1-4,8-9H2;2-3,8-9,11,15,17H,4-7,10H2,1H3;1-2,7-8,12,15,17,19H,3-6,9-10H2;1-4,9,11,14,16H,5-8,10H2. The van der Waals surface area contributed by atoms with Crippen molar-refractivity contribution in [2.45, 2.75) is 81.6 Å². The van der Waals surface area contributed by atoms with Crippen molar-refractivity contribution in [2.24, 2.45) is 23.7 Å². The summed E-state index contributed by atoms with van der Waals surface area (Å²) in [5, 5.41) is 14.7. The van der Waals surface area contributed by atoms with Gasteiger partial charge in [0.25, 0.3) is 0 Å². The minimum Gasteiger partial charge on any atom is -0.497 e. The van der Waals surface area contributed by atoms with Crippen molar-refractivity contribution in [1.29, 1.82) is 0 Å². The Labute approximate surface area is 441 Å². The van der Waals surface area contributed by atoms with E-state index in [1.165, 1.54) is 185 Å². The van der Waals surface area contributed by atoms with Gasteiger partial charge >= 0.3 is 0 Å². The summed E-state index contributed by atoms with van der Waals surface area (Å²) in [5.74, 6) is 9.02. The van der Waals surface area contributed by atoms with Crippen LogP contribution in [0.15, 0.2) is 97.6 Å². The number of hydrogen-bond acceptors (Lipinski definition) is 8. The Bertz CT molecular complexity index is 3270. The largest absolute Gasteiger partial charge is 0.497 e. The van der Waals surface area contributed by atoms with Crippen LogP contribution < -0.4 is 14.2 Å². The molecule has 21 rings (SSSR count). The minimum atomic E-state index is 0.115. The van der Waals surface area contributed by atoms with Crippen molar-refractivity contribution >= 4 is 43.6 Å². The summed E-state index contributed by atoms with van der Waals surface area (Å²) in [5.41, 5.74) is 11.8. The molecule has 0 spiro atoms. The van der Waals surface area contributed by atoms with Gasteiger partial charge in [-0.1, -0.05) is 30.3 Å². The fourth-order valence-electron chi connectivity index (χ4n) is 15.7. The number of hydrogen-bond donors (Lipinski definition) is 5. The number of rotatable bonds is 6. The number of aliphatic hydroxyl groups is 1. The molecule has 12 fully saturated rings. The molecule has 392 valence electrons. The molecule has 0 amide bonds. The van der Waals surface area contributed by atoms with E-state index in [2.05, 4.69) is 125 Å². The highest BCUT2D eigenvalue weighted by Crippen LogP contribution is 2.46. The van der Waals surface area contributed by atoms with Crippen LogP contribution in [0.3, 0.4) is 0 Å². The van der Waals surface area contributed by atoms with Crippen molar-refractivity contribution in [3.8, 4) is 17.2 Å². The van der Waals surface area contributed by atoms with Crippen LogP contribution >= 0.6 is 0 Å². The Balaban J connectivity index is 0.0000000919. The van der Waals surface area contributed by atoms with Crippen molar-refractivity contribution < 1.29 is 19.3 Å². The summed E-state index contributed by atoms with van der Waals surface area (Å²) in [6.07, 6.45) is 19.8. The third-order valence-corrected chi connectivity index (χ3v) is 19.9. The SMILES string of the molecule is COc1ccc2[nH]cc(C3CN4CCC3CC4)c2c1.OCc1ccc2c(C3CN4CCC3CC4)c[nH]c2c1.c1[nH]c2cc3c(cc2c1C1CN2CCC1CC2)OCO3.c1ccc2c(C3CN4CCC3CC4)c[nH]c2c1. The van der Waals surface area contributed by atoms with Gasteiger partial charge < -0.3 is 58.9 Å². The molecule has 75 heavy (non-hydrogen) atoms. The average molecular weight is 1010 g/mol. The van der Waals surface area contributed by atoms with Gasteiger partial charge in [0.1, 0.15) is 5.75 Å². The lowest BCUT2D eigenvalue weighted by molar-refractivity contribution is 0.0876. The molecule has 13 aliphatic heterocycles. The number of aliphatic hydroxyl groups excluding tert-OH is 1. The predicted octanol–water partition coefficient (Wildman–Crippen LogP) is 11.1. The maximum absolute atomic E-state index is 9.22. The molecule has 13 aliphatic rings. The zero-order chi connectivity index (χ0) is 50.0. The van der Waals surface area contributed by atoms with Gasteiger partial charge in [-0.25, -0.2) is 0 Å². The van der Waals surface area contributed by atoms with Gasteiger partial charge in [0.2, 0.25) is 6.79 Å². The van der Waals surface area contributed by atoms with Crippen molar-refractivity contribution in [1.82, 2.24) is 39.5 Å². The molecule has 4 atom stereocenters. The second-order valence-corrected chi connectivity index (χ2v) is 23.7. The van der Waals surface area contributed by atoms with Gasteiger partial charge in [-0.2, -0.15) is 0 Å². The van der Waals surface area contributed by atoms with E-state index in [9.17, 15) is 5.11 Å². The highest BCUT2D eigenvalue weighted by atomic mass is 16.7. The quantitative estimate of drug-likeness (QED) is 0.112. The number of H-pyrrole nitrogens is 4. The lowest BCUT2D eigenvalue weighted by atomic mass is 9.75. The number of nitrogens with one attached hydrogen (secondary N) is 4. The number of aromatic amines is 4. The van der Waals surface area contributed by atoms with Gasteiger partial charge in [-0.05, 0) is 192 Å². The second-order valence-electron chi connectivity index (χ2n) is 23.7. The van der Waals surface area contributed by atoms with E-state index < -0.39 is 0 Å². The summed E-state index contributed by atoms with van der Waals surface area (Å²) >= 11 is 0. The summed E-state index contributed by atoms with van der Waals surface area (Å²) in [4.78, 5) is 24.1. The molecule has 8 bridgehead atoms. The fourth-order valence-corrected chi connectivity index (χ4v) is 15.7. The Morgan fingerprint density at radius 1 is 0.453 bits per heavy atom. The number of fused-ring (bicyclic) bond motifs is 17. The summed E-state index contributed by atoms with van der Waals surface area (Å²) < 4.78 is 16.4. The first-order valence-corrected chi connectivity index (χ1v) is 28.7. The molecule has 4 unspecified atom stereocenters. The van der Waals surface area contributed by atoms with Gasteiger partial charge in [0, 0.05) is 124 Å². The number of aromatic nitrogens is 4. The van der Waals surface area contributed by atoms with Crippen molar-refractivity contribution in [3.63, 3.8) is 0 Å². The summed E-state index contributed by atoms with van der Waals surface area (Å²) in [7, 11) is 1.74. The van der Waals surface area contributed by atoms with Crippen molar-refractivity contribution in [3.05, 3.63) is 125 Å². The van der Waals surface area contributed by atoms with E-state index in [4.69, 9.17) is 14.2 Å². The van der Waals surface area contributed by atoms with Crippen LogP contribution in [-0.4, -0.2) is 137 Å². The molecular weight excluding hydrogens is 933 g/mol. The highest BCUT2D eigenvalue weighted by Gasteiger charge is 2.39. The number of methoxy groups -OCH3 is 1. The number of nitrogens with zero attached hydrogens (tertiary/aromatic N) is 4. The average Bonchev–Trinajstić information content (AvgIpc) is 4.37. The number of ether oxygens (including phenoxy) is 3. The van der Waals surface area contributed by atoms with Crippen LogP contribution in [0.25, 0.3) is 43.6 Å². The molecule has 5 N–H and O–H groups in total. The zero-order valence-corrected chi connectivity index (χ0v) is 43.9. The zero-order valence-electron chi connectivity index (χ0n) is 43.9. The molecule has 0 radical (unpaired) electrons. The highest BCUT2D eigenvalue weighted by molar-refractivity contribution is 5.88. The summed E-state index contributed by atoms with van der Waals surface area (Å²) in [6.45, 7) is 15.8. The van der Waals surface area contributed by atoms with E-state index in [0.29, 0.717) is 24.5 Å². The lowest BCUT2D eigenvalue weighted by Crippen LogP contribution is -2.46. The monoisotopic (exact) mass is 1010 g/mol. The number of para-hydroxylation sites is 1. The summed E-state index contributed by atoms with van der Waals surface area (Å²) in [6, 6.07) is 25.5. The van der Waals surface area contributed by atoms with Gasteiger partial charge in [0.15, 0.2) is 11.5 Å². The maximum atomic E-state index is 9.22. The number of piperidine rings is 12. The molecule has 8 aromatic rings. The molecule has 12 nitrogen and oxygen atoms in total. The molecule has 12 heteroatoms. The van der Waals surface area contributed by atoms with Gasteiger partial charge in [-0.3, -0.25) is 0 Å². The molecular formula is C63H76N8O4. The fraction of sp³-hybridized carbons (Fsp3) is 0.492. The molecule has 0 aliphatic carbocycles. The maximum Gasteiger partial charge on any atom is 0.231 e. The third-order valence-electron chi connectivity index (χ3n) is 19.9. The third kappa shape index (κ3) is 9.12. The van der Waals surface area contributed by atoms with E-state index in [1.807, 2.05) is 12.1 Å². The first-order valence-electron chi connectivity index (χ1n) is 28.7. The Hall–Kier alpha value is -5.76. The van der Waals surface area contributed by atoms with Gasteiger partial charge in [-0.15, -0.1) is 0 Å². The normalized spacial score (nSPS) is 30.7. The van der Waals surface area contributed by atoms with E-state index in [-0.39, 0.29) is 6.61 Å².